The van der Waals surface area contributed by atoms with Crippen LogP contribution in [-0.2, 0) is 12.6 Å². The lowest BCUT2D eigenvalue weighted by Crippen LogP contribution is -2.31. The van der Waals surface area contributed by atoms with Gasteiger partial charge in [-0.15, -0.1) is 0 Å². The first-order chi connectivity index (χ1) is 9.49. The van der Waals surface area contributed by atoms with Crippen LogP contribution in [0.4, 0.5) is 13.2 Å². The zero-order valence-corrected chi connectivity index (χ0v) is 10.9. The molecule has 1 aromatic heterocycles. The Labute approximate surface area is 114 Å². The van der Waals surface area contributed by atoms with Gasteiger partial charge < -0.3 is 4.42 Å². The SMILES string of the molecule is CCc1occc1C(NN)c1ccccc1C(F)(F)F. The number of furan rings is 1. The van der Waals surface area contributed by atoms with Gasteiger partial charge in [-0.2, -0.15) is 13.2 Å². The number of nitrogens with two attached hydrogens (primary N) is 1. The lowest BCUT2D eigenvalue weighted by Gasteiger charge is -2.21. The van der Waals surface area contributed by atoms with Gasteiger partial charge in [0.05, 0.1) is 17.9 Å². The third kappa shape index (κ3) is 2.71. The molecule has 0 amide bonds. The molecule has 0 saturated heterocycles. The van der Waals surface area contributed by atoms with Crippen LogP contribution >= 0.6 is 0 Å². The van der Waals surface area contributed by atoms with Gasteiger partial charge in [0.1, 0.15) is 5.76 Å². The fraction of sp³-hybridized carbons (Fsp3) is 0.286. The number of benzene rings is 1. The molecular weight excluding hydrogens is 269 g/mol. The summed E-state index contributed by atoms with van der Waals surface area (Å²) in [6.45, 7) is 1.87. The summed E-state index contributed by atoms with van der Waals surface area (Å²) in [5.41, 5.74) is 2.44. The molecule has 2 rings (SSSR count). The summed E-state index contributed by atoms with van der Waals surface area (Å²) >= 11 is 0. The quantitative estimate of drug-likeness (QED) is 0.668. The first-order valence-corrected chi connectivity index (χ1v) is 6.17. The number of hydrazine groups is 1. The fourth-order valence-electron chi connectivity index (χ4n) is 2.25. The van der Waals surface area contributed by atoms with Gasteiger partial charge in [-0.1, -0.05) is 25.1 Å². The summed E-state index contributed by atoms with van der Waals surface area (Å²) in [5.74, 6) is 6.09. The van der Waals surface area contributed by atoms with Gasteiger partial charge in [-0.25, -0.2) is 5.43 Å². The van der Waals surface area contributed by atoms with Crippen molar-refractivity contribution in [2.75, 3.05) is 0 Å². The molecule has 0 bridgehead atoms. The Morgan fingerprint density at radius 2 is 1.90 bits per heavy atom. The van der Waals surface area contributed by atoms with Gasteiger partial charge in [0, 0.05) is 12.0 Å². The van der Waals surface area contributed by atoms with Crippen molar-refractivity contribution in [3.05, 3.63) is 59.0 Å². The lowest BCUT2D eigenvalue weighted by atomic mass is 9.94. The van der Waals surface area contributed by atoms with E-state index in [2.05, 4.69) is 5.43 Å². The average Bonchev–Trinajstić information content (AvgIpc) is 2.87. The molecule has 0 radical (unpaired) electrons. The van der Waals surface area contributed by atoms with E-state index in [1.165, 1.54) is 18.4 Å². The maximum atomic E-state index is 13.1. The Hall–Kier alpha value is -1.79. The highest BCUT2D eigenvalue weighted by atomic mass is 19.4. The summed E-state index contributed by atoms with van der Waals surface area (Å²) in [5, 5.41) is 0. The maximum Gasteiger partial charge on any atom is 0.416 e. The standard InChI is InChI=1S/C14H15F3N2O/c1-2-12-10(7-8-20-12)13(19-18)9-5-3-4-6-11(9)14(15,16)17/h3-8,13,19H,2,18H2,1H3. The predicted molar refractivity (Wildman–Crippen MR) is 68.7 cm³/mol. The molecule has 1 heterocycles. The molecule has 0 aliphatic carbocycles. The number of alkyl halides is 3. The Morgan fingerprint density at radius 3 is 2.50 bits per heavy atom. The second-order valence-corrected chi connectivity index (χ2v) is 4.34. The minimum absolute atomic E-state index is 0.0820. The van der Waals surface area contributed by atoms with Crippen molar-refractivity contribution in [3.8, 4) is 0 Å². The normalized spacial score (nSPS) is 13.4. The minimum atomic E-state index is -4.43. The molecule has 0 aliphatic heterocycles. The molecule has 108 valence electrons. The van der Waals surface area contributed by atoms with Gasteiger partial charge in [0.2, 0.25) is 0 Å². The molecule has 20 heavy (non-hydrogen) atoms. The fourth-order valence-corrected chi connectivity index (χ4v) is 2.25. The second kappa shape index (κ2) is 5.68. The Morgan fingerprint density at radius 1 is 1.20 bits per heavy atom. The summed E-state index contributed by atoms with van der Waals surface area (Å²) in [4.78, 5) is 0. The van der Waals surface area contributed by atoms with E-state index in [-0.39, 0.29) is 5.56 Å². The summed E-state index contributed by atoms with van der Waals surface area (Å²) in [6.07, 6.45) is -2.40. The van der Waals surface area contributed by atoms with Crippen molar-refractivity contribution in [2.45, 2.75) is 25.6 Å². The molecule has 1 unspecified atom stereocenters. The van der Waals surface area contributed by atoms with Gasteiger partial charge in [-0.05, 0) is 17.7 Å². The number of hydrogen-bond acceptors (Lipinski definition) is 3. The first-order valence-electron chi connectivity index (χ1n) is 6.17. The third-order valence-electron chi connectivity index (χ3n) is 3.16. The van der Waals surface area contributed by atoms with Gasteiger partial charge in [0.25, 0.3) is 0 Å². The number of hydrogen-bond donors (Lipinski definition) is 2. The van der Waals surface area contributed by atoms with E-state index in [0.717, 1.165) is 6.07 Å². The van der Waals surface area contributed by atoms with Crippen LogP contribution < -0.4 is 11.3 Å². The van der Waals surface area contributed by atoms with Gasteiger partial charge in [-0.3, -0.25) is 5.84 Å². The topological polar surface area (TPSA) is 51.2 Å². The molecule has 2 aromatic rings. The molecule has 0 saturated carbocycles. The average molecular weight is 284 g/mol. The van der Waals surface area contributed by atoms with Crippen LogP contribution in [0.5, 0.6) is 0 Å². The Balaban J connectivity index is 2.53. The van der Waals surface area contributed by atoms with Crippen LogP contribution in [0.3, 0.4) is 0 Å². The van der Waals surface area contributed by atoms with E-state index in [0.29, 0.717) is 17.7 Å². The highest BCUT2D eigenvalue weighted by molar-refractivity contribution is 5.39. The van der Waals surface area contributed by atoms with E-state index >= 15 is 0 Å². The van der Waals surface area contributed by atoms with Crippen LogP contribution in [-0.4, -0.2) is 0 Å². The van der Waals surface area contributed by atoms with Gasteiger partial charge in [0.15, 0.2) is 0 Å². The number of rotatable bonds is 4. The van der Waals surface area contributed by atoms with E-state index in [1.54, 1.807) is 12.1 Å². The molecule has 0 aliphatic rings. The molecule has 1 aromatic carbocycles. The largest absolute Gasteiger partial charge is 0.469 e. The third-order valence-corrected chi connectivity index (χ3v) is 3.16. The number of halogens is 3. The smallest absolute Gasteiger partial charge is 0.416 e. The van der Waals surface area contributed by atoms with Crippen LogP contribution in [0, 0.1) is 0 Å². The zero-order chi connectivity index (χ0) is 14.8. The van der Waals surface area contributed by atoms with E-state index in [4.69, 9.17) is 10.3 Å². The maximum absolute atomic E-state index is 13.1. The van der Waals surface area contributed by atoms with E-state index in [1.807, 2.05) is 6.92 Å². The number of nitrogens with one attached hydrogen (secondary N) is 1. The molecule has 1 atom stereocenters. The summed E-state index contributed by atoms with van der Waals surface area (Å²) < 4.78 is 44.5. The summed E-state index contributed by atoms with van der Waals surface area (Å²) in [7, 11) is 0. The lowest BCUT2D eigenvalue weighted by molar-refractivity contribution is -0.138. The van der Waals surface area contributed by atoms with Crippen molar-refractivity contribution < 1.29 is 17.6 Å². The number of aryl methyl sites for hydroxylation is 1. The van der Waals surface area contributed by atoms with Gasteiger partial charge >= 0.3 is 6.18 Å². The molecule has 0 fully saturated rings. The molecule has 6 heteroatoms. The second-order valence-electron chi connectivity index (χ2n) is 4.34. The van der Waals surface area contributed by atoms with Crippen molar-refractivity contribution in [3.63, 3.8) is 0 Å². The molecule has 0 spiro atoms. The monoisotopic (exact) mass is 284 g/mol. The highest BCUT2D eigenvalue weighted by Gasteiger charge is 2.35. The van der Waals surface area contributed by atoms with Crippen molar-refractivity contribution in [2.24, 2.45) is 5.84 Å². The Kier molecular flexibility index (Phi) is 4.15. The van der Waals surface area contributed by atoms with Crippen LogP contribution in [0.1, 0.15) is 35.4 Å². The van der Waals surface area contributed by atoms with E-state index < -0.39 is 17.8 Å². The minimum Gasteiger partial charge on any atom is -0.469 e. The van der Waals surface area contributed by atoms with E-state index in [9.17, 15) is 13.2 Å². The predicted octanol–water partition coefficient (Wildman–Crippen LogP) is 3.41. The first kappa shape index (κ1) is 14.6. The van der Waals surface area contributed by atoms with Crippen molar-refractivity contribution in [1.82, 2.24) is 5.43 Å². The highest BCUT2D eigenvalue weighted by Crippen LogP contribution is 2.37. The molecule has 3 nitrogen and oxygen atoms in total. The van der Waals surface area contributed by atoms with Crippen molar-refractivity contribution in [1.29, 1.82) is 0 Å². The molecular formula is C14H15F3N2O. The molecule has 3 N–H and O–H groups in total. The zero-order valence-electron chi connectivity index (χ0n) is 10.9. The van der Waals surface area contributed by atoms with Crippen LogP contribution in [0.15, 0.2) is 41.0 Å². The summed E-state index contributed by atoms with van der Waals surface area (Å²) in [6, 6.07) is 6.25. The van der Waals surface area contributed by atoms with Crippen molar-refractivity contribution >= 4 is 0 Å². The van der Waals surface area contributed by atoms with Crippen LogP contribution in [0.25, 0.3) is 0 Å². The Bertz CT molecular complexity index is 578. The van der Waals surface area contributed by atoms with Crippen LogP contribution in [0.2, 0.25) is 0 Å².